The Morgan fingerprint density at radius 2 is 1.50 bits per heavy atom. The monoisotopic (exact) mass is 336 g/mol. The molecule has 1 atom stereocenters. The number of aliphatic hydroxyl groups excluding tert-OH is 1. The summed E-state index contributed by atoms with van der Waals surface area (Å²) >= 11 is 0. The summed E-state index contributed by atoms with van der Waals surface area (Å²) in [7, 11) is 0. The van der Waals surface area contributed by atoms with Gasteiger partial charge in [0.2, 0.25) is 0 Å². The molecule has 0 radical (unpaired) electrons. The molecule has 22 heavy (non-hydrogen) atoms. The van der Waals surface area contributed by atoms with Crippen molar-refractivity contribution in [3.05, 3.63) is 12.2 Å². The van der Waals surface area contributed by atoms with E-state index in [2.05, 4.69) is 19.1 Å². The van der Waals surface area contributed by atoms with Crippen LogP contribution in [0.2, 0.25) is 0 Å². The second-order valence-corrected chi connectivity index (χ2v) is 5.88. The molecule has 0 saturated heterocycles. The number of hydrogen-bond acceptors (Lipinski definition) is 3. The van der Waals surface area contributed by atoms with E-state index in [1.807, 2.05) is 0 Å². The molecule has 3 nitrogen and oxygen atoms in total. The Labute approximate surface area is 179 Å². The molecule has 0 rings (SSSR count). The minimum atomic E-state index is -0.994. The standard InChI is InChI=1S/C18H34O3.K/c1-2-3-4-5-6-7-8-9-10-11-14-17(19)15-12-13-16-18(20)21;/h7-8,17,19H,2-6,9-16H2,1H3,(H,20,21);/q;+1/p-1/b8-7+;. The van der Waals surface area contributed by atoms with Crippen LogP contribution in [0.4, 0.5) is 0 Å². The fourth-order valence-electron chi connectivity index (χ4n) is 2.36. The molecular formula is C18H33KO3. The second-order valence-electron chi connectivity index (χ2n) is 5.88. The Morgan fingerprint density at radius 3 is 2.05 bits per heavy atom. The number of carboxylic acids is 1. The molecule has 0 bridgehead atoms. The number of carboxylic acid groups (broad SMARTS) is 1. The molecule has 124 valence electrons. The third-order valence-electron chi connectivity index (χ3n) is 3.72. The zero-order chi connectivity index (χ0) is 15.8. The molecule has 0 amide bonds. The molecule has 1 unspecified atom stereocenters. The maximum absolute atomic E-state index is 10.2. The Hall–Kier alpha value is 0.806. The molecule has 0 heterocycles. The van der Waals surface area contributed by atoms with E-state index in [1.165, 1.54) is 32.1 Å². The van der Waals surface area contributed by atoms with E-state index in [0.717, 1.165) is 32.1 Å². The first-order chi connectivity index (χ1) is 10.2. The molecule has 0 aliphatic heterocycles. The van der Waals surface area contributed by atoms with Gasteiger partial charge in [-0.05, 0) is 51.4 Å². The summed E-state index contributed by atoms with van der Waals surface area (Å²) in [5.41, 5.74) is 0. The minimum Gasteiger partial charge on any atom is -0.550 e. The van der Waals surface area contributed by atoms with Crippen molar-refractivity contribution < 1.29 is 66.4 Å². The van der Waals surface area contributed by atoms with Crippen molar-refractivity contribution in [1.82, 2.24) is 0 Å². The summed E-state index contributed by atoms with van der Waals surface area (Å²) in [5.74, 6) is -0.994. The van der Waals surface area contributed by atoms with Crippen LogP contribution in [0.25, 0.3) is 0 Å². The van der Waals surface area contributed by atoms with Crippen LogP contribution in [0.1, 0.15) is 90.4 Å². The van der Waals surface area contributed by atoms with Crippen LogP contribution in [-0.4, -0.2) is 17.2 Å². The number of carbonyl (C=O) groups is 1. The molecule has 1 N–H and O–H groups in total. The Morgan fingerprint density at radius 1 is 0.955 bits per heavy atom. The summed E-state index contributed by atoms with van der Waals surface area (Å²) < 4.78 is 0. The smallest absolute Gasteiger partial charge is 0.550 e. The first kappa shape index (κ1) is 25.1. The molecule has 0 spiro atoms. The summed E-state index contributed by atoms with van der Waals surface area (Å²) in [5, 5.41) is 20.0. The normalized spacial score (nSPS) is 12.3. The summed E-state index contributed by atoms with van der Waals surface area (Å²) in [6.07, 6.45) is 17.0. The van der Waals surface area contributed by atoms with E-state index in [1.54, 1.807) is 0 Å². The van der Waals surface area contributed by atoms with Gasteiger partial charge in [-0.25, -0.2) is 0 Å². The van der Waals surface area contributed by atoms with E-state index in [9.17, 15) is 15.0 Å². The van der Waals surface area contributed by atoms with Crippen LogP contribution >= 0.6 is 0 Å². The number of aliphatic carboxylic acids is 1. The predicted octanol–water partition coefficient (Wildman–Crippen LogP) is 0.749. The number of rotatable bonds is 15. The zero-order valence-electron chi connectivity index (χ0n) is 14.7. The SMILES string of the molecule is CCCCCC/C=C/CCCCC(O)CCCCC(=O)[O-].[K+]. The Balaban J connectivity index is 0. The van der Waals surface area contributed by atoms with Gasteiger partial charge < -0.3 is 15.0 Å². The molecule has 0 aromatic heterocycles. The molecule has 0 fully saturated rings. The van der Waals surface area contributed by atoms with Gasteiger partial charge in [0.25, 0.3) is 0 Å². The van der Waals surface area contributed by atoms with Gasteiger partial charge in [0.05, 0.1) is 6.10 Å². The van der Waals surface area contributed by atoms with Gasteiger partial charge in [-0.2, -0.15) is 0 Å². The van der Waals surface area contributed by atoms with Gasteiger partial charge in [0, 0.05) is 5.97 Å². The second kappa shape index (κ2) is 19.9. The molecule has 0 aromatic rings. The van der Waals surface area contributed by atoms with Gasteiger partial charge in [-0.1, -0.05) is 51.2 Å². The van der Waals surface area contributed by atoms with Crippen molar-refractivity contribution in [1.29, 1.82) is 0 Å². The fourth-order valence-corrected chi connectivity index (χ4v) is 2.36. The minimum absolute atomic E-state index is 0. The average Bonchev–Trinajstić information content (AvgIpc) is 2.45. The van der Waals surface area contributed by atoms with Crippen LogP contribution in [0.3, 0.4) is 0 Å². The van der Waals surface area contributed by atoms with Gasteiger partial charge in [0.15, 0.2) is 0 Å². The van der Waals surface area contributed by atoms with Crippen LogP contribution < -0.4 is 56.5 Å². The summed E-state index contributed by atoms with van der Waals surface area (Å²) in [6.45, 7) is 2.23. The number of carbonyl (C=O) groups excluding carboxylic acids is 1. The van der Waals surface area contributed by atoms with Crippen molar-refractivity contribution in [3.63, 3.8) is 0 Å². The van der Waals surface area contributed by atoms with Gasteiger partial charge in [-0.3, -0.25) is 0 Å². The number of unbranched alkanes of at least 4 members (excludes halogenated alkanes) is 7. The van der Waals surface area contributed by atoms with Crippen molar-refractivity contribution in [2.45, 2.75) is 96.5 Å². The van der Waals surface area contributed by atoms with E-state index in [0.29, 0.717) is 12.8 Å². The topological polar surface area (TPSA) is 60.4 Å². The number of hydrogen-bond donors (Lipinski definition) is 1. The van der Waals surface area contributed by atoms with Crippen molar-refractivity contribution >= 4 is 5.97 Å². The molecule has 0 aromatic carbocycles. The Kier molecular flexibility index (Phi) is 22.6. The van der Waals surface area contributed by atoms with Crippen molar-refractivity contribution in [2.24, 2.45) is 0 Å². The van der Waals surface area contributed by atoms with Gasteiger partial charge in [-0.15, -0.1) is 0 Å². The molecule has 0 aliphatic rings. The number of allylic oxidation sites excluding steroid dienone is 2. The van der Waals surface area contributed by atoms with Crippen LogP contribution in [0.15, 0.2) is 12.2 Å². The van der Waals surface area contributed by atoms with Crippen LogP contribution in [0.5, 0.6) is 0 Å². The van der Waals surface area contributed by atoms with Crippen LogP contribution in [0, 0.1) is 0 Å². The number of aliphatic hydroxyl groups is 1. The first-order valence-electron chi connectivity index (χ1n) is 8.69. The first-order valence-corrected chi connectivity index (χ1v) is 8.69. The Bertz CT molecular complexity index is 267. The maximum Gasteiger partial charge on any atom is 1.00 e. The van der Waals surface area contributed by atoms with E-state index < -0.39 is 5.97 Å². The fraction of sp³-hybridized carbons (Fsp3) is 0.833. The third-order valence-corrected chi connectivity index (χ3v) is 3.72. The summed E-state index contributed by atoms with van der Waals surface area (Å²) in [6, 6.07) is 0. The molecule has 0 aliphatic carbocycles. The van der Waals surface area contributed by atoms with Crippen LogP contribution in [-0.2, 0) is 4.79 Å². The zero-order valence-corrected chi connectivity index (χ0v) is 17.8. The van der Waals surface area contributed by atoms with E-state index in [4.69, 9.17) is 0 Å². The van der Waals surface area contributed by atoms with Crippen molar-refractivity contribution in [2.75, 3.05) is 0 Å². The maximum atomic E-state index is 10.2. The average molecular weight is 337 g/mol. The van der Waals surface area contributed by atoms with Gasteiger partial charge in [0.1, 0.15) is 0 Å². The molecule has 4 heteroatoms. The molecule has 0 saturated carbocycles. The molecular weight excluding hydrogens is 303 g/mol. The van der Waals surface area contributed by atoms with E-state index in [-0.39, 0.29) is 63.9 Å². The summed E-state index contributed by atoms with van der Waals surface area (Å²) in [4.78, 5) is 10.2. The van der Waals surface area contributed by atoms with Crippen molar-refractivity contribution in [3.8, 4) is 0 Å². The third kappa shape index (κ3) is 20.8. The predicted molar refractivity (Wildman–Crippen MR) is 85.8 cm³/mol. The van der Waals surface area contributed by atoms with E-state index >= 15 is 0 Å². The largest absolute Gasteiger partial charge is 1.00 e. The van der Waals surface area contributed by atoms with Gasteiger partial charge >= 0.3 is 51.4 Å². The quantitative estimate of drug-likeness (QED) is 0.273.